The highest BCUT2D eigenvalue weighted by Gasteiger charge is 2.32. The fourth-order valence-electron chi connectivity index (χ4n) is 4.59. The lowest BCUT2D eigenvalue weighted by Crippen LogP contribution is -2.55. The largest absolute Gasteiger partial charge is 0.480 e. The molecule has 3 atom stereocenters. The first-order valence-corrected chi connectivity index (χ1v) is 14.6. The van der Waals surface area contributed by atoms with E-state index < -0.39 is 18.2 Å². The Bertz CT molecular complexity index is 1230. The van der Waals surface area contributed by atoms with Gasteiger partial charge >= 0.3 is 0 Å². The van der Waals surface area contributed by atoms with E-state index in [0.29, 0.717) is 30.8 Å². The molecule has 2 heterocycles. The molecule has 0 spiro atoms. The molecule has 1 aliphatic rings. The molecule has 7 nitrogen and oxygen atoms in total. The first-order valence-electron chi connectivity index (χ1n) is 13.4. The van der Waals surface area contributed by atoms with Crippen LogP contribution < -0.4 is 15.4 Å². The first kappa shape index (κ1) is 28.5. The van der Waals surface area contributed by atoms with Crippen molar-refractivity contribution >= 4 is 29.4 Å². The molecule has 2 amide bonds. The predicted octanol–water partition coefficient (Wildman–Crippen LogP) is 4.73. The summed E-state index contributed by atoms with van der Waals surface area (Å²) in [5.41, 5.74) is 2.02. The Labute approximate surface area is 234 Å². The summed E-state index contributed by atoms with van der Waals surface area (Å²) in [5, 5.41) is 5.87. The highest BCUT2D eigenvalue weighted by molar-refractivity contribution is 7.99. The molecular formula is C31H36N2O5S. The van der Waals surface area contributed by atoms with Gasteiger partial charge in [0.2, 0.25) is 5.91 Å². The summed E-state index contributed by atoms with van der Waals surface area (Å²) < 4.78 is 11.3. The number of furan rings is 1. The summed E-state index contributed by atoms with van der Waals surface area (Å²) in [6.45, 7) is 4.00. The molecule has 0 aliphatic carbocycles. The van der Waals surface area contributed by atoms with Gasteiger partial charge in [0, 0.05) is 0 Å². The third-order valence-electron chi connectivity index (χ3n) is 6.61. The minimum atomic E-state index is -0.778. The number of hydrogen-bond acceptors (Lipinski definition) is 6. The number of hydrogen-bond donors (Lipinski definition) is 2. The highest BCUT2D eigenvalue weighted by Crippen LogP contribution is 2.27. The van der Waals surface area contributed by atoms with Crippen molar-refractivity contribution in [1.29, 1.82) is 0 Å². The third kappa shape index (κ3) is 8.48. The standard InChI is InChI=1S/C31H36N2O5S/c1-21(2)17-26(33-31(36)29-15-14-23-11-6-7-13-28(23)38-29)30(35)32-25(18-22-9-4-3-5-10-22)27(34)20-39-19-24-12-8-16-37-24/h3-13,16,21,25-26,29H,14-15,17-20H2,1-2H3,(H,32,35)(H,33,36). The van der Waals surface area contributed by atoms with Crippen LogP contribution in [0.4, 0.5) is 0 Å². The van der Waals surface area contributed by atoms with Crippen molar-refractivity contribution in [1.82, 2.24) is 10.6 Å². The Morgan fingerprint density at radius 1 is 0.949 bits per heavy atom. The number of thioether (sulfide) groups is 1. The lowest BCUT2D eigenvalue weighted by atomic mass is 9.99. The Kier molecular flexibility index (Phi) is 10.3. The zero-order valence-electron chi connectivity index (χ0n) is 22.4. The maximum atomic E-state index is 13.5. The van der Waals surface area contributed by atoms with E-state index in [9.17, 15) is 14.4 Å². The second kappa shape index (κ2) is 14.0. The molecule has 39 heavy (non-hydrogen) atoms. The van der Waals surface area contributed by atoms with Crippen LogP contribution in [0, 0.1) is 5.92 Å². The molecular weight excluding hydrogens is 512 g/mol. The topological polar surface area (TPSA) is 97.6 Å². The summed E-state index contributed by atoms with van der Waals surface area (Å²) in [7, 11) is 0. The molecule has 2 N–H and O–H groups in total. The monoisotopic (exact) mass is 548 g/mol. The lowest BCUT2D eigenvalue weighted by Gasteiger charge is -2.28. The van der Waals surface area contributed by atoms with Crippen LogP contribution in [0.15, 0.2) is 77.4 Å². The number of amides is 2. The zero-order valence-corrected chi connectivity index (χ0v) is 23.2. The number of benzene rings is 2. The van der Waals surface area contributed by atoms with Gasteiger partial charge in [0.1, 0.15) is 17.6 Å². The van der Waals surface area contributed by atoms with E-state index >= 15 is 0 Å². The molecule has 0 radical (unpaired) electrons. The van der Waals surface area contributed by atoms with Crippen molar-refractivity contribution in [3.63, 3.8) is 0 Å². The Morgan fingerprint density at radius 2 is 1.72 bits per heavy atom. The van der Waals surface area contributed by atoms with Crippen LogP contribution in [0.1, 0.15) is 43.6 Å². The fourth-order valence-corrected chi connectivity index (χ4v) is 5.46. The van der Waals surface area contributed by atoms with Gasteiger partial charge in [-0.2, -0.15) is 0 Å². The van der Waals surface area contributed by atoms with Crippen molar-refractivity contribution in [2.45, 2.75) is 63.5 Å². The van der Waals surface area contributed by atoms with E-state index in [1.165, 1.54) is 11.8 Å². The number of carbonyl (C=O) groups excluding carboxylic acids is 3. The van der Waals surface area contributed by atoms with Crippen molar-refractivity contribution in [2.24, 2.45) is 5.92 Å². The van der Waals surface area contributed by atoms with Crippen LogP contribution in [0.3, 0.4) is 0 Å². The van der Waals surface area contributed by atoms with Gasteiger partial charge in [-0.25, -0.2) is 0 Å². The molecule has 2 aromatic carbocycles. The second-order valence-corrected chi connectivity index (χ2v) is 11.2. The van der Waals surface area contributed by atoms with E-state index in [-0.39, 0.29) is 29.3 Å². The number of para-hydroxylation sites is 1. The minimum Gasteiger partial charge on any atom is -0.480 e. The van der Waals surface area contributed by atoms with Crippen molar-refractivity contribution in [3.8, 4) is 5.75 Å². The van der Waals surface area contributed by atoms with Crippen molar-refractivity contribution in [3.05, 3.63) is 89.9 Å². The molecule has 0 saturated heterocycles. The summed E-state index contributed by atoms with van der Waals surface area (Å²) in [6, 6.07) is 19.5. The van der Waals surface area contributed by atoms with E-state index in [0.717, 1.165) is 23.3 Å². The maximum Gasteiger partial charge on any atom is 0.261 e. The molecule has 3 unspecified atom stereocenters. The highest BCUT2D eigenvalue weighted by atomic mass is 32.2. The van der Waals surface area contributed by atoms with E-state index in [1.54, 1.807) is 6.26 Å². The van der Waals surface area contributed by atoms with Gasteiger partial charge in [-0.15, -0.1) is 11.8 Å². The number of rotatable bonds is 13. The van der Waals surface area contributed by atoms with Crippen LogP contribution in [-0.4, -0.2) is 41.5 Å². The number of ketones is 1. The Morgan fingerprint density at radius 3 is 2.46 bits per heavy atom. The Balaban J connectivity index is 1.41. The molecule has 1 aliphatic heterocycles. The van der Waals surface area contributed by atoms with Gasteiger partial charge in [0.05, 0.1) is 23.8 Å². The smallest absolute Gasteiger partial charge is 0.261 e. The molecule has 3 aromatic rings. The number of carbonyl (C=O) groups is 3. The van der Waals surface area contributed by atoms with Crippen LogP contribution in [0.25, 0.3) is 0 Å². The molecule has 0 saturated carbocycles. The van der Waals surface area contributed by atoms with E-state index in [2.05, 4.69) is 10.6 Å². The summed E-state index contributed by atoms with van der Waals surface area (Å²) >= 11 is 1.45. The fraction of sp³-hybridized carbons (Fsp3) is 0.387. The van der Waals surface area contributed by atoms with Gasteiger partial charge in [0.15, 0.2) is 11.9 Å². The first-order chi connectivity index (χ1) is 18.9. The molecule has 206 valence electrons. The molecule has 8 heteroatoms. The second-order valence-electron chi connectivity index (χ2n) is 10.2. The number of aryl methyl sites for hydroxylation is 1. The zero-order chi connectivity index (χ0) is 27.6. The molecule has 0 bridgehead atoms. The number of fused-ring (bicyclic) bond motifs is 1. The molecule has 1 aromatic heterocycles. The number of ether oxygens (including phenoxy) is 1. The quantitative estimate of drug-likeness (QED) is 0.320. The minimum absolute atomic E-state index is 0.0781. The summed E-state index contributed by atoms with van der Waals surface area (Å²) in [4.78, 5) is 40.0. The predicted molar refractivity (Wildman–Crippen MR) is 153 cm³/mol. The van der Waals surface area contributed by atoms with Crippen LogP contribution in [-0.2, 0) is 33.0 Å². The van der Waals surface area contributed by atoms with Crippen molar-refractivity contribution in [2.75, 3.05) is 5.75 Å². The van der Waals surface area contributed by atoms with Crippen LogP contribution in [0.5, 0.6) is 5.75 Å². The van der Waals surface area contributed by atoms with Crippen LogP contribution >= 0.6 is 11.8 Å². The average molecular weight is 549 g/mol. The van der Waals surface area contributed by atoms with Crippen LogP contribution in [0.2, 0.25) is 0 Å². The van der Waals surface area contributed by atoms with Gasteiger partial charge in [-0.3, -0.25) is 14.4 Å². The van der Waals surface area contributed by atoms with Gasteiger partial charge < -0.3 is 19.8 Å². The summed E-state index contributed by atoms with van der Waals surface area (Å²) in [5.74, 6) is 1.70. The van der Waals surface area contributed by atoms with E-state index in [4.69, 9.17) is 9.15 Å². The van der Waals surface area contributed by atoms with Crippen molar-refractivity contribution < 1.29 is 23.5 Å². The SMILES string of the molecule is CC(C)CC(NC(=O)C1CCc2ccccc2O1)C(=O)NC(Cc1ccccc1)C(=O)CSCc1ccco1. The van der Waals surface area contributed by atoms with E-state index in [1.807, 2.05) is 80.6 Å². The van der Waals surface area contributed by atoms with Gasteiger partial charge in [-0.05, 0) is 60.9 Å². The summed E-state index contributed by atoms with van der Waals surface area (Å²) in [6.07, 6.45) is 3.04. The third-order valence-corrected chi connectivity index (χ3v) is 7.58. The van der Waals surface area contributed by atoms with Gasteiger partial charge in [-0.1, -0.05) is 62.4 Å². The number of nitrogens with one attached hydrogen (secondary N) is 2. The maximum absolute atomic E-state index is 13.5. The molecule has 0 fully saturated rings. The number of Topliss-reactive ketones (excluding diaryl/α,β-unsaturated/α-hetero) is 1. The lowest BCUT2D eigenvalue weighted by molar-refractivity contribution is -0.134. The Hall–Kier alpha value is -3.52. The molecule has 4 rings (SSSR count). The normalized spacial score (nSPS) is 16.0. The van der Waals surface area contributed by atoms with Gasteiger partial charge in [0.25, 0.3) is 5.91 Å². The average Bonchev–Trinajstić information content (AvgIpc) is 3.46.